The van der Waals surface area contributed by atoms with E-state index in [1.54, 1.807) is 0 Å². The molecule has 2 aliphatic heterocycles. The minimum atomic E-state index is -0.509. The molecule has 20 heavy (non-hydrogen) atoms. The van der Waals surface area contributed by atoms with Crippen molar-refractivity contribution in [1.82, 2.24) is 5.32 Å². The Morgan fingerprint density at radius 1 is 1.20 bits per heavy atom. The summed E-state index contributed by atoms with van der Waals surface area (Å²) in [5.74, 6) is -0.0233. The van der Waals surface area contributed by atoms with Crippen molar-refractivity contribution in [2.24, 2.45) is 5.92 Å². The molecule has 112 valence electrons. The third-order valence-electron chi connectivity index (χ3n) is 4.11. The van der Waals surface area contributed by atoms with Gasteiger partial charge < -0.3 is 25.0 Å². The lowest BCUT2D eigenvalue weighted by Crippen LogP contribution is -2.38. The van der Waals surface area contributed by atoms with Crippen molar-refractivity contribution in [3.63, 3.8) is 0 Å². The molecule has 0 aliphatic carbocycles. The topological polar surface area (TPSA) is 88.0 Å². The zero-order valence-electron chi connectivity index (χ0n) is 12.1. The van der Waals surface area contributed by atoms with E-state index in [4.69, 9.17) is 9.47 Å². The van der Waals surface area contributed by atoms with Crippen molar-refractivity contribution in [3.8, 4) is 0 Å². The van der Waals surface area contributed by atoms with Gasteiger partial charge in [0.1, 0.15) is 21.8 Å². The van der Waals surface area contributed by atoms with Gasteiger partial charge in [-0.15, -0.1) is 0 Å². The molecular weight excluding hydrogens is 260 g/mol. The first kappa shape index (κ1) is 15.8. The summed E-state index contributed by atoms with van der Waals surface area (Å²) in [7, 11) is 3.86. The predicted molar refractivity (Wildman–Crippen MR) is 77.9 cm³/mol. The van der Waals surface area contributed by atoms with E-state index in [-0.39, 0.29) is 42.6 Å². The molecule has 6 atom stereocenters. The van der Waals surface area contributed by atoms with Gasteiger partial charge in [0.05, 0.1) is 18.8 Å². The molecule has 0 aromatic heterocycles. The highest BCUT2D eigenvalue weighted by molar-refractivity contribution is 6.11. The largest absolute Gasteiger partial charge is 0.394 e. The van der Waals surface area contributed by atoms with Gasteiger partial charge in [0.15, 0.2) is 0 Å². The van der Waals surface area contributed by atoms with Crippen LogP contribution in [0.5, 0.6) is 0 Å². The van der Waals surface area contributed by atoms with Crippen LogP contribution < -0.4 is 5.32 Å². The zero-order chi connectivity index (χ0) is 14.7. The molecular formula is C12H23B2NO5. The third-order valence-corrected chi connectivity index (χ3v) is 4.11. The lowest BCUT2D eigenvalue weighted by molar-refractivity contribution is -0.123. The SMILES string of the molecule is B[C@H]1CC(CC(=O)NC[C@H]2O[C@@H](B)C[C@H]2O)[C@@H](CO)O1. The van der Waals surface area contributed by atoms with Crippen LogP contribution in [0.4, 0.5) is 0 Å². The van der Waals surface area contributed by atoms with E-state index in [1.165, 1.54) is 0 Å². The maximum absolute atomic E-state index is 11.9. The van der Waals surface area contributed by atoms with Gasteiger partial charge in [-0.2, -0.15) is 0 Å². The first-order valence-corrected chi connectivity index (χ1v) is 7.36. The number of ether oxygens (including phenoxy) is 2. The summed E-state index contributed by atoms with van der Waals surface area (Å²) in [4.78, 5) is 11.9. The van der Waals surface area contributed by atoms with Crippen LogP contribution in [0.3, 0.4) is 0 Å². The monoisotopic (exact) mass is 283 g/mol. The van der Waals surface area contributed by atoms with Crippen molar-refractivity contribution in [2.75, 3.05) is 13.2 Å². The van der Waals surface area contributed by atoms with Crippen LogP contribution in [-0.4, -0.2) is 75.3 Å². The predicted octanol–water partition coefficient (Wildman–Crippen LogP) is -3.04. The number of hydrogen-bond acceptors (Lipinski definition) is 5. The molecule has 2 aliphatic rings. The second-order valence-corrected chi connectivity index (χ2v) is 5.96. The number of amides is 1. The van der Waals surface area contributed by atoms with Crippen molar-refractivity contribution in [2.45, 2.75) is 49.6 Å². The Balaban J connectivity index is 1.73. The molecule has 1 unspecified atom stereocenters. The second-order valence-electron chi connectivity index (χ2n) is 5.96. The Morgan fingerprint density at radius 3 is 2.45 bits per heavy atom. The molecule has 0 aromatic carbocycles. The molecule has 1 amide bonds. The summed E-state index contributed by atoms with van der Waals surface area (Å²) in [5.41, 5.74) is 0. The maximum atomic E-state index is 11.9. The fourth-order valence-electron chi connectivity index (χ4n) is 3.10. The number of carbonyl (C=O) groups excluding carboxylic acids is 1. The van der Waals surface area contributed by atoms with Crippen molar-refractivity contribution in [1.29, 1.82) is 0 Å². The molecule has 0 radical (unpaired) electrons. The van der Waals surface area contributed by atoms with Crippen LogP contribution in [0, 0.1) is 5.92 Å². The highest BCUT2D eigenvalue weighted by Crippen LogP contribution is 2.27. The van der Waals surface area contributed by atoms with Gasteiger partial charge in [0.2, 0.25) is 5.91 Å². The van der Waals surface area contributed by atoms with Crippen LogP contribution >= 0.6 is 0 Å². The summed E-state index contributed by atoms with van der Waals surface area (Å²) >= 11 is 0. The highest BCUT2D eigenvalue weighted by Gasteiger charge is 2.34. The summed E-state index contributed by atoms with van der Waals surface area (Å²) in [5, 5.41) is 21.8. The van der Waals surface area contributed by atoms with E-state index in [1.807, 2.05) is 15.7 Å². The number of aliphatic hydroxyl groups excluding tert-OH is 2. The van der Waals surface area contributed by atoms with Crippen molar-refractivity contribution >= 4 is 21.6 Å². The normalized spacial score (nSPS) is 40.9. The average molecular weight is 283 g/mol. The third kappa shape index (κ3) is 3.97. The van der Waals surface area contributed by atoms with Gasteiger partial charge in [-0.25, -0.2) is 0 Å². The molecule has 8 heteroatoms. The van der Waals surface area contributed by atoms with Gasteiger partial charge >= 0.3 is 0 Å². The van der Waals surface area contributed by atoms with Gasteiger partial charge in [-0.3, -0.25) is 4.79 Å². The summed E-state index contributed by atoms with van der Waals surface area (Å²) in [6, 6.07) is 0.126. The minimum absolute atomic E-state index is 0.0368. The quantitative estimate of drug-likeness (QED) is 0.467. The van der Waals surface area contributed by atoms with E-state index in [0.29, 0.717) is 19.4 Å². The van der Waals surface area contributed by atoms with Crippen LogP contribution in [0.2, 0.25) is 0 Å². The molecule has 2 fully saturated rings. The highest BCUT2D eigenvalue weighted by atomic mass is 16.5. The minimum Gasteiger partial charge on any atom is -0.394 e. The molecule has 0 aromatic rings. The Morgan fingerprint density at radius 2 is 1.85 bits per heavy atom. The fourth-order valence-corrected chi connectivity index (χ4v) is 3.10. The first-order valence-electron chi connectivity index (χ1n) is 7.36. The average Bonchev–Trinajstić information content (AvgIpc) is 2.89. The summed E-state index contributed by atoms with van der Waals surface area (Å²) < 4.78 is 11.1. The van der Waals surface area contributed by atoms with E-state index < -0.39 is 6.10 Å². The second kappa shape index (κ2) is 6.93. The van der Waals surface area contributed by atoms with Crippen LogP contribution in [0.15, 0.2) is 0 Å². The molecule has 0 bridgehead atoms. The standard InChI is InChI=1S/C12H23B2NO5/c13-10-1-6(9(5-16)20-10)2-12(18)15-4-8-7(17)3-11(14)19-8/h6-11,16-17H,1-5,13-14H2,(H,15,18)/t6?,7-,8-,9-,10-,11-/m1/s1. The molecule has 2 rings (SSSR count). The number of nitrogens with one attached hydrogen (secondary N) is 1. The van der Waals surface area contributed by atoms with Gasteiger partial charge in [-0.1, -0.05) is 0 Å². The summed E-state index contributed by atoms with van der Waals surface area (Å²) in [6.07, 6.45) is 0.670. The molecule has 3 N–H and O–H groups in total. The molecule has 0 saturated carbocycles. The lowest BCUT2D eigenvalue weighted by Gasteiger charge is -2.18. The van der Waals surface area contributed by atoms with E-state index in [0.717, 1.165) is 6.42 Å². The van der Waals surface area contributed by atoms with Gasteiger partial charge in [0, 0.05) is 25.0 Å². The first-order chi connectivity index (χ1) is 9.49. The lowest BCUT2D eigenvalue weighted by atomic mass is 9.89. The number of rotatable bonds is 5. The Hall–Kier alpha value is -0.560. The zero-order valence-corrected chi connectivity index (χ0v) is 12.1. The summed E-state index contributed by atoms with van der Waals surface area (Å²) in [6.45, 7) is 0.279. The smallest absolute Gasteiger partial charge is 0.220 e. The van der Waals surface area contributed by atoms with Gasteiger partial charge in [-0.05, 0) is 18.8 Å². The maximum Gasteiger partial charge on any atom is 0.220 e. The van der Waals surface area contributed by atoms with Crippen molar-refractivity contribution in [3.05, 3.63) is 0 Å². The van der Waals surface area contributed by atoms with Crippen molar-refractivity contribution < 1.29 is 24.5 Å². The van der Waals surface area contributed by atoms with Crippen LogP contribution in [0.1, 0.15) is 19.3 Å². The van der Waals surface area contributed by atoms with E-state index in [2.05, 4.69) is 5.32 Å². The number of aliphatic hydroxyl groups is 2. The van der Waals surface area contributed by atoms with Gasteiger partial charge in [0.25, 0.3) is 0 Å². The molecule has 2 heterocycles. The Labute approximate surface area is 121 Å². The van der Waals surface area contributed by atoms with E-state index >= 15 is 0 Å². The fraction of sp³-hybridized carbons (Fsp3) is 0.917. The number of carbonyl (C=O) groups is 1. The van der Waals surface area contributed by atoms with Crippen LogP contribution in [-0.2, 0) is 14.3 Å². The van der Waals surface area contributed by atoms with E-state index in [9.17, 15) is 15.0 Å². The Kier molecular flexibility index (Phi) is 5.49. The molecule has 0 spiro atoms. The molecule has 6 nitrogen and oxygen atoms in total. The molecule has 2 saturated heterocycles. The number of hydrogen-bond donors (Lipinski definition) is 3. The Bertz CT molecular complexity index is 346. The van der Waals surface area contributed by atoms with Crippen LogP contribution in [0.25, 0.3) is 0 Å².